The van der Waals surface area contributed by atoms with Crippen molar-refractivity contribution in [1.82, 2.24) is 9.99 Å². The summed E-state index contributed by atoms with van der Waals surface area (Å²) in [5.74, 6) is -1.22. The second-order valence-electron chi connectivity index (χ2n) is 5.00. The van der Waals surface area contributed by atoms with Crippen LogP contribution in [0.5, 0.6) is 0 Å². The van der Waals surface area contributed by atoms with Gasteiger partial charge in [0.2, 0.25) is 5.95 Å². The topological polar surface area (TPSA) is 83.9 Å². The first-order chi connectivity index (χ1) is 11.5. The standard InChI is InChI=1S/C16H13FN4O3/c1-21-16(23)24-9-13(20-21)10-5-7-11(8-6-10)18-15(22)12-3-2-4-14(17)19-12/h2-8H,9H2,1H3,(H,18,22). The lowest BCUT2D eigenvalue weighted by Gasteiger charge is -2.19. The number of hydrazone groups is 1. The van der Waals surface area contributed by atoms with E-state index in [-0.39, 0.29) is 12.3 Å². The third-order valence-electron chi connectivity index (χ3n) is 3.29. The molecule has 0 saturated carbocycles. The first-order valence-electron chi connectivity index (χ1n) is 7.05. The minimum Gasteiger partial charge on any atom is -0.442 e. The molecule has 2 aromatic rings. The van der Waals surface area contributed by atoms with Crippen LogP contribution in [-0.2, 0) is 4.74 Å². The number of pyridine rings is 1. The fourth-order valence-electron chi connectivity index (χ4n) is 2.09. The van der Waals surface area contributed by atoms with Crippen LogP contribution in [-0.4, -0.2) is 41.4 Å². The quantitative estimate of drug-likeness (QED) is 0.876. The maximum absolute atomic E-state index is 13.0. The lowest BCUT2D eigenvalue weighted by molar-refractivity contribution is 0.102. The fraction of sp³-hybridized carbons (Fsp3) is 0.125. The number of carbonyl (C=O) groups excluding carboxylic acids is 2. The minimum absolute atomic E-state index is 0.00994. The number of benzene rings is 1. The number of carbonyl (C=O) groups is 2. The Morgan fingerprint density at radius 2 is 2.00 bits per heavy atom. The van der Waals surface area contributed by atoms with Crippen LogP contribution in [0.3, 0.4) is 0 Å². The molecule has 0 spiro atoms. The number of aromatic nitrogens is 1. The number of halogens is 1. The molecule has 0 aliphatic carbocycles. The summed E-state index contributed by atoms with van der Waals surface area (Å²) in [4.78, 5) is 26.7. The molecule has 2 heterocycles. The van der Waals surface area contributed by atoms with E-state index in [2.05, 4.69) is 15.4 Å². The Balaban J connectivity index is 1.72. The van der Waals surface area contributed by atoms with Gasteiger partial charge in [-0.25, -0.2) is 14.8 Å². The first kappa shape index (κ1) is 15.6. The van der Waals surface area contributed by atoms with Gasteiger partial charge in [0.15, 0.2) is 0 Å². The van der Waals surface area contributed by atoms with Crippen molar-refractivity contribution in [3.63, 3.8) is 0 Å². The minimum atomic E-state index is -0.716. The number of hydrogen-bond donors (Lipinski definition) is 1. The third-order valence-corrected chi connectivity index (χ3v) is 3.29. The van der Waals surface area contributed by atoms with Gasteiger partial charge in [-0.05, 0) is 24.3 Å². The van der Waals surface area contributed by atoms with Gasteiger partial charge in [0.1, 0.15) is 18.0 Å². The molecule has 2 amide bonds. The number of nitrogens with zero attached hydrogens (tertiary/aromatic N) is 3. The average Bonchev–Trinajstić information content (AvgIpc) is 2.58. The van der Waals surface area contributed by atoms with E-state index >= 15 is 0 Å². The van der Waals surface area contributed by atoms with Crippen molar-refractivity contribution in [2.75, 3.05) is 19.0 Å². The van der Waals surface area contributed by atoms with Gasteiger partial charge < -0.3 is 10.1 Å². The highest BCUT2D eigenvalue weighted by Crippen LogP contribution is 2.14. The Morgan fingerprint density at radius 3 is 2.67 bits per heavy atom. The molecule has 1 aromatic carbocycles. The van der Waals surface area contributed by atoms with E-state index in [9.17, 15) is 14.0 Å². The third kappa shape index (κ3) is 3.37. The van der Waals surface area contributed by atoms with Crippen LogP contribution in [0.25, 0.3) is 0 Å². The molecule has 1 aliphatic rings. The molecule has 1 N–H and O–H groups in total. The number of nitrogens with one attached hydrogen (secondary N) is 1. The SMILES string of the molecule is CN1N=C(c2ccc(NC(=O)c3cccc(F)n3)cc2)COC1=O. The summed E-state index contributed by atoms with van der Waals surface area (Å²) in [6.45, 7) is 0.0854. The van der Waals surface area contributed by atoms with E-state index in [1.165, 1.54) is 25.2 Å². The van der Waals surface area contributed by atoms with Crippen LogP contribution >= 0.6 is 0 Å². The van der Waals surface area contributed by atoms with E-state index in [0.29, 0.717) is 11.4 Å². The molecule has 0 atom stereocenters. The summed E-state index contributed by atoms with van der Waals surface area (Å²) < 4.78 is 18.0. The lowest BCUT2D eigenvalue weighted by atomic mass is 10.1. The molecule has 0 radical (unpaired) electrons. The van der Waals surface area contributed by atoms with Crippen LogP contribution in [0.2, 0.25) is 0 Å². The fourth-order valence-corrected chi connectivity index (χ4v) is 2.09. The normalized spacial score (nSPS) is 14.0. The van der Waals surface area contributed by atoms with Crippen molar-refractivity contribution in [3.8, 4) is 0 Å². The highest BCUT2D eigenvalue weighted by Gasteiger charge is 2.19. The molecular weight excluding hydrogens is 315 g/mol. The Kier molecular flexibility index (Phi) is 4.19. The van der Waals surface area contributed by atoms with Gasteiger partial charge >= 0.3 is 6.09 Å². The van der Waals surface area contributed by atoms with Crippen molar-refractivity contribution in [2.24, 2.45) is 5.10 Å². The number of anilines is 1. The Morgan fingerprint density at radius 1 is 1.25 bits per heavy atom. The summed E-state index contributed by atoms with van der Waals surface area (Å²) >= 11 is 0. The van der Waals surface area contributed by atoms with Gasteiger partial charge in [-0.3, -0.25) is 4.79 Å². The zero-order valence-corrected chi connectivity index (χ0v) is 12.7. The van der Waals surface area contributed by atoms with E-state index in [4.69, 9.17) is 4.74 Å². The molecule has 7 nitrogen and oxygen atoms in total. The molecule has 0 unspecified atom stereocenters. The Labute approximate surface area is 136 Å². The van der Waals surface area contributed by atoms with Gasteiger partial charge in [-0.2, -0.15) is 9.49 Å². The highest BCUT2D eigenvalue weighted by atomic mass is 19.1. The van der Waals surface area contributed by atoms with Crippen molar-refractivity contribution in [2.45, 2.75) is 0 Å². The summed E-state index contributed by atoms with van der Waals surface area (Å²) in [7, 11) is 1.50. The molecule has 0 fully saturated rings. The Bertz CT molecular complexity index is 820. The predicted octanol–water partition coefficient (Wildman–Crippen LogP) is 2.26. The molecule has 0 saturated heterocycles. The zero-order valence-electron chi connectivity index (χ0n) is 12.7. The summed E-state index contributed by atoms with van der Waals surface area (Å²) in [5.41, 5.74) is 1.87. The number of rotatable bonds is 3. The van der Waals surface area contributed by atoms with Gasteiger partial charge in [-0.15, -0.1) is 0 Å². The molecule has 1 aliphatic heterocycles. The molecular formula is C16H13FN4O3. The average molecular weight is 328 g/mol. The van der Waals surface area contributed by atoms with E-state index < -0.39 is 17.9 Å². The van der Waals surface area contributed by atoms with Crippen molar-refractivity contribution >= 4 is 23.4 Å². The predicted molar refractivity (Wildman–Crippen MR) is 84.2 cm³/mol. The maximum atomic E-state index is 13.0. The molecule has 8 heteroatoms. The summed E-state index contributed by atoms with van der Waals surface area (Å²) in [6, 6.07) is 10.8. The van der Waals surface area contributed by atoms with Gasteiger partial charge in [0, 0.05) is 18.3 Å². The van der Waals surface area contributed by atoms with E-state index in [1.807, 2.05) is 0 Å². The molecule has 122 valence electrons. The van der Waals surface area contributed by atoms with Crippen molar-refractivity contribution < 1.29 is 18.7 Å². The van der Waals surface area contributed by atoms with Crippen LogP contribution in [0.15, 0.2) is 47.6 Å². The highest BCUT2D eigenvalue weighted by molar-refractivity contribution is 6.05. The largest absolute Gasteiger partial charge is 0.442 e. The number of ether oxygens (including phenoxy) is 1. The van der Waals surface area contributed by atoms with Crippen LogP contribution in [0, 0.1) is 5.95 Å². The molecule has 24 heavy (non-hydrogen) atoms. The van der Waals surface area contributed by atoms with Gasteiger partial charge in [0.25, 0.3) is 5.91 Å². The summed E-state index contributed by atoms with van der Waals surface area (Å²) in [5, 5.41) is 7.86. The summed E-state index contributed by atoms with van der Waals surface area (Å²) in [6.07, 6.45) is -0.509. The van der Waals surface area contributed by atoms with Crippen molar-refractivity contribution in [1.29, 1.82) is 0 Å². The molecule has 0 bridgehead atoms. The molecule has 1 aromatic heterocycles. The van der Waals surface area contributed by atoms with Crippen LogP contribution in [0.1, 0.15) is 16.1 Å². The zero-order chi connectivity index (χ0) is 17.1. The second kappa shape index (κ2) is 6.45. The van der Waals surface area contributed by atoms with Crippen LogP contribution < -0.4 is 5.32 Å². The first-order valence-corrected chi connectivity index (χ1v) is 7.05. The smallest absolute Gasteiger partial charge is 0.430 e. The molecule has 3 rings (SSSR count). The van der Waals surface area contributed by atoms with E-state index in [1.54, 1.807) is 24.3 Å². The number of cyclic esters (lactones) is 1. The van der Waals surface area contributed by atoms with Gasteiger partial charge in [0.05, 0.1) is 0 Å². The lowest BCUT2D eigenvalue weighted by Crippen LogP contribution is -2.32. The van der Waals surface area contributed by atoms with Crippen molar-refractivity contribution in [3.05, 3.63) is 59.7 Å². The van der Waals surface area contributed by atoms with E-state index in [0.717, 1.165) is 10.6 Å². The second-order valence-corrected chi connectivity index (χ2v) is 5.00. The Hall–Kier alpha value is -3.29. The monoisotopic (exact) mass is 328 g/mol. The van der Waals surface area contributed by atoms with Crippen LogP contribution in [0.4, 0.5) is 14.9 Å². The number of hydrogen-bond acceptors (Lipinski definition) is 5. The maximum Gasteiger partial charge on any atom is 0.430 e. The number of amides is 2. The van der Waals surface area contributed by atoms with Gasteiger partial charge in [-0.1, -0.05) is 18.2 Å².